The van der Waals surface area contributed by atoms with Crippen molar-refractivity contribution in [3.63, 3.8) is 0 Å². The van der Waals surface area contributed by atoms with Crippen LogP contribution in [-0.4, -0.2) is 4.98 Å². The normalized spacial score (nSPS) is 9.38. The van der Waals surface area contributed by atoms with E-state index in [9.17, 15) is 0 Å². The van der Waals surface area contributed by atoms with E-state index in [1.54, 1.807) is 0 Å². The van der Waals surface area contributed by atoms with Gasteiger partial charge < -0.3 is 11.5 Å². The molecule has 8 heteroatoms. The molecule has 0 aromatic carbocycles. The molecule has 0 amide bonds. The lowest BCUT2D eigenvalue weighted by Gasteiger charge is -2.05. The van der Waals surface area contributed by atoms with E-state index in [0.717, 1.165) is 0 Å². The van der Waals surface area contributed by atoms with Crippen LogP contribution in [-0.2, 0) is 0 Å². The molecule has 0 atom stereocenters. The van der Waals surface area contributed by atoms with Gasteiger partial charge >= 0.3 is 0 Å². The first-order valence-electron chi connectivity index (χ1n) is 3.03. The monoisotopic (exact) mass is 306 g/mol. The second kappa shape index (κ2) is 3.82. The molecule has 0 saturated heterocycles. The van der Waals surface area contributed by atoms with Crippen molar-refractivity contribution in [1.29, 1.82) is 0 Å². The Labute approximate surface area is 90.2 Å². The number of azide groups is 1. The fraction of sp³-hybridized carbons (Fsp3) is 0. The first-order chi connectivity index (χ1) is 6.07. The molecule has 0 spiro atoms. The van der Waals surface area contributed by atoms with Crippen molar-refractivity contribution in [2.24, 2.45) is 5.11 Å². The Balaban J connectivity index is 3.55. The van der Waals surface area contributed by atoms with Gasteiger partial charge in [0, 0.05) is 4.91 Å². The minimum Gasteiger partial charge on any atom is -0.383 e. The molecule has 1 aromatic heterocycles. The quantitative estimate of drug-likeness (QED) is 0.472. The highest BCUT2D eigenvalue weighted by Crippen LogP contribution is 2.39. The molecule has 0 fully saturated rings. The van der Waals surface area contributed by atoms with Crippen molar-refractivity contribution in [2.75, 3.05) is 11.5 Å². The number of hydrogen-bond donors (Lipinski definition) is 2. The molecule has 6 nitrogen and oxygen atoms in total. The number of nitrogens with zero attached hydrogens (tertiary/aromatic N) is 4. The Hall–Kier alpha value is -0.980. The van der Waals surface area contributed by atoms with Gasteiger partial charge in [0.15, 0.2) is 0 Å². The SMILES string of the molecule is [N-]=[N+]=Nc1c(Br)c(N)nc(N)c1Br. The van der Waals surface area contributed by atoms with E-state index in [4.69, 9.17) is 17.0 Å². The van der Waals surface area contributed by atoms with E-state index in [1.165, 1.54) is 0 Å². The average Bonchev–Trinajstić information content (AvgIpc) is 2.09. The maximum absolute atomic E-state index is 8.26. The van der Waals surface area contributed by atoms with Crippen molar-refractivity contribution in [2.45, 2.75) is 0 Å². The first kappa shape index (κ1) is 10.1. The molecule has 1 aromatic rings. The maximum atomic E-state index is 8.26. The van der Waals surface area contributed by atoms with E-state index in [2.05, 4.69) is 46.9 Å². The second-order valence-electron chi connectivity index (χ2n) is 2.05. The van der Waals surface area contributed by atoms with Crippen molar-refractivity contribution in [1.82, 2.24) is 4.98 Å². The molecule has 13 heavy (non-hydrogen) atoms. The molecule has 1 heterocycles. The van der Waals surface area contributed by atoms with Gasteiger partial charge in [-0.2, -0.15) is 0 Å². The number of hydrogen-bond acceptors (Lipinski definition) is 4. The number of halogens is 2. The number of rotatable bonds is 1. The molecule has 0 aliphatic rings. The van der Waals surface area contributed by atoms with Gasteiger partial charge in [0.05, 0.1) is 14.6 Å². The third-order valence-corrected chi connectivity index (χ3v) is 2.81. The molecule has 1 rings (SSSR count). The van der Waals surface area contributed by atoms with Crippen LogP contribution in [0.1, 0.15) is 0 Å². The number of nitrogens with two attached hydrogens (primary N) is 2. The standard InChI is InChI=1S/C5H4Br2N6/c6-1-3(12-13-10)2(7)5(9)11-4(1)8/h(H4,8,9,11). The molecular formula is C5H4Br2N6. The smallest absolute Gasteiger partial charge is 0.140 e. The zero-order valence-corrected chi connectivity index (χ0v) is 9.37. The minimum atomic E-state index is 0.183. The van der Waals surface area contributed by atoms with Gasteiger partial charge in [-0.05, 0) is 37.4 Å². The van der Waals surface area contributed by atoms with E-state index in [0.29, 0.717) is 14.6 Å². The Morgan fingerprint density at radius 2 is 1.69 bits per heavy atom. The van der Waals surface area contributed by atoms with Crippen LogP contribution in [0.25, 0.3) is 10.4 Å². The van der Waals surface area contributed by atoms with Crippen molar-refractivity contribution in [3.05, 3.63) is 19.4 Å². The molecule has 0 unspecified atom stereocenters. The lowest BCUT2D eigenvalue weighted by molar-refractivity contribution is 1.28. The van der Waals surface area contributed by atoms with E-state index >= 15 is 0 Å². The lowest BCUT2D eigenvalue weighted by Crippen LogP contribution is -1.98. The Bertz CT molecular complexity index is 370. The molecule has 0 radical (unpaired) electrons. The van der Waals surface area contributed by atoms with Gasteiger partial charge in [-0.3, -0.25) is 0 Å². The third kappa shape index (κ3) is 1.85. The predicted molar refractivity (Wildman–Crippen MR) is 57.3 cm³/mol. The fourth-order valence-electron chi connectivity index (χ4n) is 0.699. The second-order valence-corrected chi connectivity index (χ2v) is 3.63. The molecule has 4 N–H and O–H groups in total. The summed E-state index contributed by atoms with van der Waals surface area (Å²) in [6.45, 7) is 0. The largest absolute Gasteiger partial charge is 0.383 e. The van der Waals surface area contributed by atoms with Gasteiger partial charge in [0.2, 0.25) is 0 Å². The maximum Gasteiger partial charge on any atom is 0.140 e. The van der Waals surface area contributed by atoms with Crippen LogP contribution in [0.2, 0.25) is 0 Å². The van der Waals surface area contributed by atoms with E-state index < -0.39 is 0 Å². The summed E-state index contributed by atoms with van der Waals surface area (Å²) in [7, 11) is 0. The van der Waals surface area contributed by atoms with Crippen LogP contribution in [0.5, 0.6) is 0 Å². The Morgan fingerprint density at radius 1 is 1.23 bits per heavy atom. The summed E-state index contributed by atoms with van der Waals surface area (Å²) in [5.41, 5.74) is 19.5. The van der Waals surface area contributed by atoms with Crippen LogP contribution >= 0.6 is 31.9 Å². The van der Waals surface area contributed by atoms with Crippen LogP contribution in [0.15, 0.2) is 14.1 Å². The van der Waals surface area contributed by atoms with Crippen LogP contribution in [0.4, 0.5) is 17.3 Å². The van der Waals surface area contributed by atoms with Crippen molar-refractivity contribution < 1.29 is 0 Å². The molecule has 0 aliphatic heterocycles. The number of aromatic nitrogens is 1. The molecular weight excluding hydrogens is 304 g/mol. The lowest BCUT2D eigenvalue weighted by atomic mass is 10.4. The average molecular weight is 308 g/mol. The van der Waals surface area contributed by atoms with Crippen LogP contribution < -0.4 is 11.5 Å². The summed E-state index contributed by atoms with van der Waals surface area (Å²) in [6, 6.07) is 0. The van der Waals surface area contributed by atoms with Crippen molar-refractivity contribution >= 4 is 49.2 Å². The summed E-state index contributed by atoms with van der Waals surface area (Å²) < 4.78 is 0.845. The summed E-state index contributed by atoms with van der Waals surface area (Å²) in [4.78, 5) is 6.43. The fourth-order valence-corrected chi connectivity index (χ4v) is 1.70. The zero-order chi connectivity index (χ0) is 10.0. The number of pyridine rings is 1. The van der Waals surface area contributed by atoms with Gasteiger partial charge in [-0.25, -0.2) is 4.98 Å². The van der Waals surface area contributed by atoms with Crippen molar-refractivity contribution in [3.8, 4) is 0 Å². The molecule has 0 saturated carbocycles. The summed E-state index contributed by atoms with van der Waals surface area (Å²) in [6.07, 6.45) is 0. The molecule has 68 valence electrons. The highest BCUT2D eigenvalue weighted by molar-refractivity contribution is 9.11. The highest BCUT2D eigenvalue weighted by atomic mass is 79.9. The van der Waals surface area contributed by atoms with Crippen LogP contribution in [0.3, 0.4) is 0 Å². The van der Waals surface area contributed by atoms with Gasteiger partial charge in [-0.1, -0.05) is 5.11 Å². The van der Waals surface area contributed by atoms with Gasteiger partial charge in [-0.15, -0.1) is 0 Å². The van der Waals surface area contributed by atoms with Crippen LogP contribution in [0, 0.1) is 0 Å². The van der Waals surface area contributed by atoms with E-state index in [-0.39, 0.29) is 11.6 Å². The number of anilines is 2. The molecule has 0 bridgehead atoms. The molecule has 0 aliphatic carbocycles. The Kier molecular flexibility index (Phi) is 2.97. The van der Waals surface area contributed by atoms with Gasteiger partial charge in [0.1, 0.15) is 11.6 Å². The zero-order valence-electron chi connectivity index (χ0n) is 6.20. The third-order valence-electron chi connectivity index (χ3n) is 1.25. The highest BCUT2D eigenvalue weighted by Gasteiger charge is 2.11. The Morgan fingerprint density at radius 3 is 2.08 bits per heavy atom. The summed E-state index contributed by atoms with van der Waals surface area (Å²) in [5.74, 6) is 0.367. The minimum absolute atomic E-state index is 0.183. The summed E-state index contributed by atoms with van der Waals surface area (Å²) in [5, 5.41) is 3.41. The topological polar surface area (TPSA) is 114 Å². The first-order valence-corrected chi connectivity index (χ1v) is 4.61. The van der Waals surface area contributed by atoms with E-state index in [1.807, 2.05) is 0 Å². The number of nitrogen functional groups attached to an aromatic ring is 2. The van der Waals surface area contributed by atoms with Gasteiger partial charge in [0.25, 0.3) is 0 Å². The predicted octanol–water partition coefficient (Wildman–Crippen LogP) is 2.71. The summed E-state index contributed by atoms with van der Waals surface area (Å²) >= 11 is 6.26.